The number of aromatic nitrogens is 2. The summed E-state index contributed by atoms with van der Waals surface area (Å²) < 4.78 is 1.57. The first-order valence-corrected chi connectivity index (χ1v) is 4.50. The van der Waals surface area contributed by atoms with Crippen LogP contribution in [0.4, 0.5) is 0 Å². The molecule has 0 aliphatic rings. The summed E-state index contributed by atoms with van der Waals surface area (Å²) in [5.41, 5.74) is 2.85. The molecule has 0 unspecified atom stereocenters. The van der Waals surface area contributed by atoms with E-state index in [2.05, 4.69) is 10.6 Å². The second kappa shape index (κ2) is 4.76. The first-order valence-electron chi connectivity index (χ1n) is 4.50. The van der Waals surface area contributed by atoms with Crippen LogP contribution in [0.3, 0.4) is 0 Å². The number of carbonyl (C=O) groups excluding carboxylic acids is 1. The molecule has 1 aromatic heterocycles. The quantitative estimate of drug-likeness (QED) is 0.724. The average Bonchev–Trinajstić information content (AvgIpc) is 2.51. The predicted octanol–water partition coefficient (Wildman–Crippen LogP) is 0.737. The molecular weight excluding hydrogens is 182 g/mol. The Morgan fingerprint density at radius 2 is 2.43 bits per heavy atom. The zero-order valence-electron chi connectivity index (χ0n) is 8.65. The van der Waals surface area contributed by atoms with Crippen molar-refractivity contribution in [1.82, 2.24) is 15.3 Å². The topological polar surface area (TPSA) is 56.1 Å². The number of rotatable bonds is 4. The van der Waals surface area contributed by atoms with Crippen LogP contribution < -0.4 is 5.48 Å². The third-order valence-corrected chi connectivity index (χ3v) is 1.55. The van der Waals surface area contributed by atoms with Gasteiger partial charge in [0.25, 0.3) is 5.91 Å². The molecule has 14 heavy (non-hydrogen) atoms. The number of nitrogens with one attached hydrogen (secondary N) is 1. The van der Waals surface area contributed by atoms with Gasteiger partial charge in [0.1, 0.15) is 0 Å². The van der Waals surface area contributed by atoms with Crippen molar-refractivity contribution < 1.29 is 9.63 Å². The molecule has 0 bridgehead atoms. The molecule has 1 heterocycles. The van der Waals surface area contributed by atoms with Crippen LogP contribution in [-0.4, -0.2) is 22.3 Å². The molecule has 0 saturated carbocycles. The molecular formula is C9H15N3O2. The fourth-order valence-corrected chi connectivity index (χ4v) is 0.871. The van der Waals surface area contributed by atoms with Crippen molar-refractivity contribution in [2.45, 2.75) is 13.8 Å². The number of hydrogen-bond donors (Lipinski definition) is 1. The lowest BCUT2D eigenvalue weighted by molar-refractivity contribution is 0.0208. The lowest BCUT2D eigenvalue weighted by Crippen LogP contribution is -2.25. The van der Waals surface area contributed by atoms with Crippen LogP contribution in [0.5, 0.6) is 0 Å². The molecule has 1 aromatic rings. The van der Waals surface area contributed by atoms with Crippen molar-refractivity contribution in [3.05, 3.63) is 18.0 Å². The molecule has 0 aliphatic heterocycles. The highest BCUT2D eigenvalue weighted by molar-refractivity contribution is 5.92. The number of hydroxylamine groups is 1. The number of amides is 1. The molecule has 0 aliphatic carbocycles. The highest BCUT2D eigenvalue weighted by atomic mass is 16.6. The Morgan fingerprint density at radius 3 is 2.93 bits per heavy atom. The maximum absolute atomic E-state index is 11.4. The van der Waals surface area contributed by atoms with Crippen LogP contribution in [0.25, 0.3) is 0 Å². The van der Waals surface area contributed by atoms with Gasteiger partial charge in [0.05, 0.1) is 18.4 Å². The minimum Gasteiger partial charge on any atom is -0.275 e. The van der Waals surface area contributed by atoms with Crippen LogP contribution in [0.2, 0.25) is 0 Å². The van der Waals surface area contributed by atoms with Crippen LogP contribution in [0, 0.1) is 5.92 Å². The van der Waals surface area contributed by atoms with E-state index in [-0.39, 0.29) is 5.91 Å². The molecule has 0 spiro atoms. The van der Waals surface area contributed by atoms with Gasteiger partial charge < -0.3 is 0 Å². The highest BCUT2D eigenvalue weighted by Gasteiger charge is 2.07. The molecule has 1 N–H and O–H groups in total. The molecule has 1 rings (SSSR count). The number of nitrogens with zero attached hydrogens (tertiary/aromatic N) is 2. The summed E-state index contributed by atoms with van der Waals surface area (Å²) in [6, 6.07) is 0. The smallest absolute Gasteiger partial charge is 0.275 e. The average molecular weight is 197 g/mol. The van der Waals surface area contributed by atoms with Gasteiger partial charge in [-0.2, -0.15) is 5.10 Å². The first kappa shape index (κ1) is 10.7. The third-order valence-electron chi connectivity index (χ3n) is 1.55. The Hall–Kier alpha value is -1.36. The summed E-state index contributed by atoms with van der Waals surface area (Å²) in [5.74, 6) is 0.128. The molecule has 0 saturated heterocycles. The Morgan fingerprint density at radius 1 is 1.71 bits per heavy atom. The summed E-state index contributed by atoms with van der Waals surface area (Å²) in [4.78, 5) is 16.3. The van der Waals surface area contributed by atoms with Crippen molar-refractivity contribution in [2.75, 3.05) is 6.61 Å². The molecule has 5 nitrogen and oxygen atoms in total. The van der Waals surface area contributed by atoms with E-state index in [1.165, 1.54) is 6.20 Å². The van der Waals surface area contributed by atoms with Gasteiger partial charge >= 0.3 is 0 Å². The Labute approximate surface area is 83.0 Å². The maximum Gasteiger partial charge on any atom is 0.278 e. The number of carbonyl (C=O) groups is 1. The van der Waals surface area contributed by atoms with Crippen LogP contribution in [0.1, 0.15) is 24.2 Å². The highest BCUT2D eigenvalue weighted by Crippen LogP contribution is 1.96. The molecule has 0 atom stereocenters. The number of aryl methyl sites for hydroxylation is 1. The van der Waals surface area contributed by atoms with Crippen molar-refractivity contribution in [2.24, 2.45) is 13.0 Å². The Balaban J connectivity index is 2.36. The van der Waals surface area contributed by atoms with E-state index >= 15 is 0 Å². The van der Waals surface area contributed by atoms with Gasteiger partial charge in [-0.05, 0) is 5.92 Å². The molecule has 78 valence electrons. The van der Waals surface area contributed by atoms with Crippen LogP contribution >= 0.6 is 0 Å². The number of hydrogen-bond acceptors (Lipinski definition) is 3. The van der Waals surface area contributed by atoms with E-state index in [4.69, 9.17) is 4.84 Å². The SMILES string of the molecule is CC(C)CONC(=O)c1cnn(C)c1. The maximum atomic E-state index is 11.4. The van der Waals surface area contributed by atoms with Gasteiger partial charge in [-0.25, -0.2) is 5.48 Å². The van der Waals surface area contributed by atoms with Crippen molar-refractivity contribution in [3.8, 4) is 0 Å². The van der Waals surface area contributed by atoms with Gasteiger partial charge in [-0.15, -0.1) is 0 Å². The standard InChI is InChI=1S/C9H15N3O2/c1-7(2)6-14-11-9(13)8-4-10-12(3)5-8/h4-5,7H,6H2,1-3H3,(H,11,13). The monoisotopic (exact) mass is 197 g/mol. The molecule has 5 heteroatoms. The summed E-state index contributed by atoms with van der Waals surface area (Å²) >= 11 is 0. The molecule has 0 aromatic carbocycles. The van der Waals surface area contributed by atoms with Gasteiger partial charge in [0.15, 0.2) is 0 Å². The van der Waals surface area contributed by atoms with E-state index < -0.39 is 0 Å². The van der Waals surface area contributed by atoms with Crippen LogP contribution in [-0.2, 0) is 11.9 Å². The lowest BCUT2D eigenvalue weighted by Gasteiger charge is -2.06. The molecule has 0 radical (unpaired) electrons. The van der Waals surface area contributed by atoms with E-state index in [9.17, 15) is 4.79 Å². The van der Waals surface area contributed by atoms with E-state index in [0.29, 0.717) is 18.1 Å². The van der Waals surface area contributed by atoms with Crippen molar-refractivity contribution >= 4 is 5.91 Å². The molecule has 0 fully saturated rings. The lowest BCUT2D eigenvalue weighted by atomic mass is 10.2. The zero-order chi connectivity index (χ0) is 10.6. The summed E-state index contributed by atoms with van der Waals surface area (Å²) in [5, 5.41) is 3.88. The van der Waals surface area contributed by atoms with E-state index in [0.717, 1.165) is 0 Å². The van der Waals surface area contributed by atoms with Crippen LogP contribution in [0.15, 0.2) is 12.4 Å². The Kier molecular flexibility index (Phi) is 3.64. The second-order valence-electron chi connectivity index (χ2n) is 3.54. The van der Waals surface area contributed by atoms with Crippen molar-refractivity contribution in [3.63, 3.8) is 0 Å². The van der Waals surface area contributed by atoms with Gasteiger partial charge in [-0.3, -0.25) is 14.3 Å². The summed E-state index contributed by atoms with van der Waals surface area (Å²) in [6.45, 7) is 4.53. The third kappa shape index (κ3) is 3.18. The first-order chi connectivity index (χ1) is 6.59. The van der Waals surface area contributed by atoms with Gasteiger partial charge in [0, 0.05) is 13.2 Å². The van der Waals surface area contributed by atoms with E-state index in [1.54, 1.807) is 17.9 Å². The minimum atomic E-state index is -0.265. The fraction of sp³-hybridized carbons (Fsp3) is 0.556. The second-order valence-corrected chi connectivity index (χ2v) is 3.54. The largest absolute Gasteiger partial charge is 0.278 e. The van der Waals surface area contributed by atoms with E-state index in [1.807, 2.05) is 13.8 Å². The van der Waals surface area contributed by atoms with Crippen molar-refractivity contribution in [1.29, 1.82) is 0 Å². The fourth-order valence-electron chi connectivity index (χ4n) is 0.871. The Bertz CT molecular complexity index is 307. The minimum absolute atomic E-state index is 0.265. The summed E-state index contributed by atoms with van der Waals surface area (Å²) in [7, 11) is 1.76. The zero-order valence-corrected chi connectivity index (χ0v) is 8.65. The summed E-state index contributed by atoms with van der Waals surface area (Å²) in [6.07, 6.45) is 3.13. The van der Waals surface area contributed by atoms with Gasteiger partial charge in [0.2, 0.25) is 0 Å². The molecule has 1 amide bonds. The van der Waals surface area contributed by atoms with Gasteiger partial charge in [-0.1, -0.05) is 13.8 Å². The normalized spacial score (nSPS) is 10.6. The predicted molar refractivity (Wildman–Crippen MR) is 51.5 cm³/mol.